The molecule has 0 fully saturated rings. The van der Waals surface area contributed by atoms with Crippen LogP contribution in [0.15, 0.2) is 241 Å². The lowest BCUT2D eigenvalue weighted by Gasteiger charge is -2.20. The Balaban J connectivity index is 1.16. The molecular formula is C68H45N3O. The maximum Gasteiger partial charge on any atom is 0.143 e. The molecule has 1 aliphatic rings. The Kier molecular flexibility index (Phi) is 9.59. The van der Waals surface area contributed by atoms with Crippen molar-refractivity contribution >= 4 is 71.1 Å². The molecule has 0 amide bonds. The van der Waals surface area contributed by atoms with Gasteiger partial charge in [-0.3, -0.25) is 0 Å². The minimum atomic E-state index is 0.504. The van der Waals surface area contributed by atoms with E-state index in [1.165, 1.54) is 11.1 Å². The Morgan fingerprint density at radius 3 is 1.38 bits per heavy atom. The highest BCUT2D eigenvalue weighted by molar-refractivity contribution is 6.20. The molecule has 10 aromatic carbocycles. The van der Waals surface area contributed by atoms with Crippen molar-refractivity contribution in [1.82, 2.24) is 9.13 Å². The molecule has 4 nitrogen and oxygen atoms in total. The van der Waals surface area contributed by atoms with E-state index in [1.807, 2.05) is 12.1 Å². The minimum absolute atomic E-state index is 0.504. The predicted molar refractivity (Wildman–Crippen MR) is 300 cm³/mol. The van der Waals surface area contributed by atoms with Crippen LogP contribution < -0.4 is 0 Å². The van der Waals surface area contributed by atoms with Crippen LogP contribution in [0.3, 0.4) is 0 Å². The van der Waals surface area contributed by atoms with Crippen molar-refractivity contribution in [2.45, 2.75) is 13.3 Å². The van der Waals surface area contributed by atoms with E-state index in [-0.39, 0.29) is 0 Å². The Labute approximate surface area is 416 Å². The van der Waals surface area contributed by atoms with Gasteiger partial charge in [-0.2, -0.15) is 5.26 Å². The lowest BCUT2D eigenvalue weighted by Crippen LogP contribution is -2.07. The van der Waals surface area contributed by atoms with Crippen LogP contribution in [-0.2, 0) is 0 Å². The summed E-state index contributed by atoms with van der Waals surface area (Å²) in [6, 6.07) is 80.8. The zero-order valence-corrected chi connectivity index (χ0v) is 39.6. The summed E-state index contributed by atoms with van der Waals surface area (Å²) >= 11 is 0. The number of benzene rings is 10. The maximum absolute atomic E-state index is 11.7. The number of hydrogen-bond donors (Lipinski definition) is 0. The van der Waals surface area contributed by atoms with Crippen LogP contribution in [0.4, 0.5) is 0 Å². The van der Waals surface area contributed by atoms with Crippen LogP contribution in [0.5, 0.6) is 0 Å². The van der Waals surface area contributed by atoms with Gasteiger partial charge in [0.2, 0.25) is 0 Å². The van der Waals surface area contributed by atoms with Crippen LogP contribution in [0.2, 0.25) is 0 Å². The lowest BCUT2D eigenvalue weighted by atomic mass is 9.93. The molecule has 1 unspecified atom stereocenters. The fourth-order valence-electron chi connectivity index (χ4n) is 11.4. The van der Waals surface area contributed by atoms with Crippen molar-refractivity contribution in [3.8, 4) is 62.0 Å². The van der Waals surface area contributed by atoms with Gasteiger partial charge in [0.25, 0.3) is 0 Å². The lowest BCUT2D eigenvalue weighted by molar-refractivity contribution is 0.669. The third-order valence-corrected chi connectivity index (χ3v) is 14.9. The first-order valence-corrected chi connectivity index (χ1v) is 24.8. The molecule has 0 saturated carbocycles. The molecule has 3 aromatic heterocycles. The highest BCUT2D eigenvalue weighted by atomic mass is 16.3. The summed E-state index contributed by atoms with van der Waals surface area (Å²) in [7, 11) is 0. The van der Waals surface area contributed by atoms with E-state index >= 15 is 0 Å². The van der Waals surface area contributed by atoms with Crippen LogP contribution in [0.1, 0.15) is 24.5 Å². The number of para-hydroxylation sites is 1. The summed E-state index contributed by atoms with van der Waals surface area (Å²) in [5.41, 5.74) is 19.0. The first-order valence-electron chi connectivity index (χ1n) is 24.8. The molecule has 0 bridgehead atoms. The average molecular weight is 920 g/mol. The number of furan rings is 1. The average Bonchev–Trinajstić information content (AvgIpc) is 4.10. The quantitative estimate of drug-likeness (QED) is 0.160. The summed E-state index contributed by atoms with van der Waals surface area (Å²) in [4.78, 5) is 0. The summed E-state index contributed by atoms with van der Waals surface area (Å²) in [5.74, 6) is 0.504. The van der Waals surface area contributed by atoms with E-state index in [0.717, 1.165) is 122 Å². The van der Waals surface area contributed by atoms with Gasteiger partial charge in [0.15, 0.2) is 0 Å². The van der Waals surface area contributed by atoms with Gasteiger partial charge in [0, 0.05) is 38.6 Å². The largest absolute Gasteiger partial charge is 0.455 e. The van der Waals surface area contributed by atoms with Crippen molar-refractivity contribution in [3.05, 3.63) is 248 Å². The SMILES string of the molecule is CC1C=CC(c2ccc3c(c2)c2cc(-c4ccccc4)ccc2n3-c2c(C#N)cc3oc4c(-c5ccccc5)cccc4c3c2-n2c3ccc(-c4ccccc4)cc3c3cc(-c4ccccc4)ccc32)=CC1. The van der Waals surface area contributed by atoms with Crippen LogP contribution >= 0.6 is 0 Å². The Bertz CT molecular complexity index is 4310. The number of hydrogen-bond acceptors (Lipinski definition) is 2. The van der Waals surface area contributed by atoms with Crippen molar-refractivity contribution in [2.24, 2.45) is 5.92 Å². The molecule has 0 N–H and O–H groups in total. The summed E-state index contributed by atoms with van der Waals surface area (Å²) in [6.45, 7) is 2.26. The van der Waals surface area contributed by atoms with Gasteiger partial charge in [0.1, 0.15) is 17.2 Å². The van der Waals surface area contributed by atoms with Crippen molar-refractivity contribution in [3.63, 3.8) is 0 Å². The minimum Gasteiger partial charge on any atom is -0.455 e. The van der Waals surface area contributed by atoms with E-state index in [9.17, 15) is 5.26 Å². The van der Waals surface area contributed by atoms with E-state index < -0.39 is 0 Å². The van der Waals surface area contributed by atoms with E-state index in [2.05, 4.69) is 247 Å². The smallest absolute Gasteiger partial charge is 0.143 e. The topological polar surface area (TPSA) is 46.8 Å². The first-order chi connectivity index (χ1) is 35.6. The fourth-order valence-corrected chi connectivity index (χ4v) is 11.4. The van der Waals surface area contributed by atoms with Gasteiger partial charge in [0.05, 0.1) is 44.4 Å². The van der Waals surface area contributed by atoms with Gasteiger partial charge >= 0.3 is 0 Å². The van der Waals surface area contributed by atoms with Crippen molar-refractivity contribution in [2.75, 3.05) is 0 Å². The van der Waals surface area contributed by atoms with Crippen LogP contribution in [0.25, 0.3) is 127 Å². The molecule has 13 aromatic rings. The third-order valence-electron chi connectivity index (χ3n) is 14.9. The standard InChI is InChI=1S/C68H45N3O/c1-43-25-27-47(28-26-43)52-32-34-61-57(40-52)56-37-49(44-15-6-2-7-16-44)29-33-60(56)70(61)66-53(42-69)41-64-65(55-24-14-23-54(68(55)72-64)48-21-12-5-13-22-48)67(66)71-62-35-30-50(45-17-8-3-9-18-45)38-58(62)59-39-51(31-36-63(59)71)46-19-10-4-11-20-46/h2-25,27-41,43H,26H2,1H3. The summed E-state index contributed by atoms with van der Waals surface area (Å²) in [6.07, 6.45) is 7.95. The maximum atomic E-state index is 11.7. The summed E-state index contributed by atoms with van der Waals surface area (Å²) < 4.78 is 11.9. The van der Waals surface area contributed by atoms with Gasteiger partial charge in [-0.05, 0) is 111 Å². The van der Waals surface area contributed by atoms with Gasteiger partial charge in [-0.1, -0.05) is 189 Å². The van der Waals surface area contributed by atoms with E-state index in [0.29, 0.717) is 17.1 Å². The number of nitrogens with zero attached hydrogens (tertiary/aromatic N) is 3. The molecular weight excluding hydrogens is 875 g/mol. The Morgan fingerprint density at radius 2 is 0.903 bits per heavy atom. The van der Waals surface area contributed by atoms with E-state index in [4.69, 9.17) is 4.42 Å². The third kappa shape index (κ3) is 6.59. The first kappa shape index (κ1) is 41.5. The molecule has 0 saturated heterocycles. The van der Waals surface area contributed by atoms with Gasteiger partial charge in [-0.25, -0.2) is 0 Å². The molecule has 338 valence electrons. The Hall–Kier alpha value is -9.43. The number of fused-ring (bicyclic) bond motifs is 9. The predicted octanol–water partition coefficient (Wildman–Crippen LogP) is 18.3. The number of rotatable bonds is 7. The molecule has 1 atom stereocenters. The number of nitriles is 1. The molecule has 3 heterocycles. The molecule has 14 rings (SSSR count). The molecule has 4 heteroatoms. The highest BCUT2D eigenvalue weighted by Crippen LogP contribution is 2.48. The van der Waals surface area contributed by atoms with Crippen LogP contribution in [0, 0.1) is 17.2 Å². The zero-order valence-electron chi connectivity index (χ0n) is 39.6. The second kappa shape index (κ2) is 16.6. The normalized spacial score (nSPS) is 13.7. The monoisotopic (exact) mass is 919 g/mol. The molecule has 1 aliphatic carbocycles. The van der Waals surface area contributed by atoms with Crippen LogP contribution in [-0.4, -0.2) is 9.13 Å². The molecule has 0 radical (unpaired) electrons. The van der Waals surface area contributed by atoms with Crippen molar-refractivity contribution in [1.29, 1.82) is 5.26 Å². The second-order valence-corrected chi connectivity index (χ2v) is 19.2. The summed E-state index contributed by atoms with van der Waals surface area (Å²) in [5, 5.41) is 18.1. The zero-order chi connectivity index (χ0) is 47.9. The molecule has 0 aliphatic heterocycles. The molecule has 72 heavy (non-hydrogen) atoms. The number of aromatic nitrogens is 2. The molecule has 0 spiro atoms. The second-order valence-electron chi connectivity index (χ2n) is 19.2. The van der Waals surface area contributed by atoms with Gasteiger partial charge < -0.3 is 13.6 Å². The fraction of sp³-hybridized carbons (Fsp3) is 0.0441. The number of allylic oxidation sites excluding steroid dienone is 4. The van der Waals surface area contributed by atoms with E-state index in [1.54, 1.807) is 0 Å². The highest BCUT2D eigenvalue weighted by Gasteiger charge is 2.29. The van der Waals surface area contributed by atoms with Crippen molar-refractivity contribution < 1.29 is 4.42 Å². The van der Waals surface area contributed by atoms with Gasteiger partial charge in [-0.15, -0.1) is 0 Å². The Morgan fingerprint density at radius 1 is 0.444 bits per heavy atom.